The molecular weight excluding hydrogens is 296 g/mol. The Bertz CT molecular complexity index is 674. The van der Waals surface area contributed by atoms with Crippen molar-refractivity contribution in [3.8, 4) is 0 Å². The molecule has 0 radical (unpaired) electrons. The van der Waals surface area contributed by atoms with Crippen molar-refractivity contribution in [1.82, 2.24) is 4.31 Å². The average Bonchev–Trinajstić information content (AvgIpc) is 2.20. The lowest BCUT2D eigenvalue weighted by molar-refractivity contribution is 0.588. The maximum absolute atomic E-state index is 12.0. The first-order chi connectivity index (χ1) is 8.06. The molecule has 5 nitrogen and oxygen atoms in total. The lowest BCUT2D eigenvalue weighted by Gasteiger charge is -2.11. The van der Waals surface area contributed by atoms with E-state index in [1.165, 1.54) is 42.9 Å². The van der Waals surface area contributed by atoms with Crippen molar-refractivity contribution in [2.75, 3.05) is 20.4 Å². The van der Waals surface area contributed by atoms with Gasteiger partial charge in [-0.3, -0.25) is 0 Å². The number of nitrogens with zero attached hydrogens (tertiary/aromatic N) is 2. The average molecular weight is 311 g/mol. The Kier molecular flexibility index (Phi) is 4.42. The molecule has 1 aromatic rings. The summed E-state index contributed by atoms with van der Waals surface area (Å²) in [7, 11) is -3.88. The number of sulfonamides is 1. The molecule has 1 rings (SSSR count). The highest BCUT2D eigenvalue weighted by Crippen LogP contribution is 2.21. The second kappa shape index (κ2) is 5.16. The van der Waals surface area contributed by atoms with Crippen molar-refractivity contribution in [2.24, 2.45) is 3.77 Å². The Labute approximate surface area is 113 Å². The van der Waals surface area contributed by atoms with Crippen LogP contribution in [0, 0.1) is 6.92 Å². The van der Waals surface area contributed by atoms with E-state index < -0.39 is 19.9 Å². The van der Waals surface area contributed by atoms with Crippen LogP contribution >= 0.6 is 11.6 Å². The molecule has 1 aromatic carbocycles. The van der Waals surface area contributed by atoms with Crippen molar-refractivity contribution < 1.29 is 12.6 Å². The molecule has 1 unspecified atom stereocenters. The van der Waals surface area contributed by atoms with Crippen LogP contribution in [-0.2, 0) is 19.9 Å². The molecule has 0 amide bonds. The zero-order valence-electron chi connectivity index (χ0n) is 10.5. The van der Waals surface area contributed by atoms with Gasteiger partial charge in [-0.2, -0.15) is 8.42 Å². The summed E-state index contributed by atoms with van der Waals surface area (Å²) in [5.41, 5.74) is 0.625. The quantitative estimate of drug-likeness (QED) is 0.856. The summed E-state index contributed by atoms with van der Waals surface area (Å²) in [6.45, 7) is 1.69. The first-order valence-corrected chi connectivity index (χ1v) is 8.68. The van der Waals surface area contributed by atoms with Gasteiger partial charge in [0.2, 0.25) is 0 Å². The lowest BCUT2D eigenvalue weighted by atomic mass is 10.2. The molecule has 18 heavy (non-hydrogen) atoms. The zero-order valence-corrected chi connectivity index (χ0v) is 12.9. The van der Waals surface area contributed by atoms with Crippen molar-refractivity contribution >= 4 is 31.5 Å². The van der Waals surface area contributed by atoms with Crippen LogP contribution in [0.4, 0.5) is 0 Å². The van der Waals surface area contributed by atoms with Crippen LogP contribution < -0.4 is 0 Å². The first kappa shape index (κ1) is 15.4. The van der Waals surface area contributed by atoms with E-state index in [1.54, 1.807) is 6.92 Å². The van der Waals surface area contributed by atoms with Gasteiger partial charge in [-0.1, -0.05) is 15.4 Å². The van der Waals surface area contributed by atoms with Crippen LogP contribution in [0.5, 0.6) is 0 Å². The van der Waals surface area contributed by atoms with E-state index in [1.807, 2.05) is 0 Å². The molecule has 0 bridgehead atoms. The minimum Gasteiger partial charge on any atom is -0.233 e. The van der Waals surface area contributed by atoms with Crippen LogP contribution in [0.1, 0.15) is 5.56 Å². The molecule has 0 aliphatic heterocycles. The lowest BCUT2D eigenvalue weighted by Crippen LogP contribution is -2.21. The topological polar surface area (TPSA) is 66.8 Å². The molecule has 8 heteroatoms. The summed E-state index contributed by atoms with van der Waals surface area (Å²) in [5, 5.41) is 0.471. The fraction of sp³-hybridized carbons (Fsp3) is 0.400. The molecule has 0 heterocycles. The number of hydrogen-bond donors (Lipinski definition) is 0. The molecule has 0 saturated heterocycles. The van der Waals surface area contributed by atoms with E-state index in [4.69, 9.17) is 11.6 Å². The molecule has 102 valence electrons. The highest BCUT2D eigenvalue weighted by molar-refractivity contribution is 8.01. The molecule has 0 N–H and O–H groups in total. The van der Waals surface area contributed by atoms with Crippen molar-refractivity contribution in [3.05, 3.63) is 28.8 Å². The number of aryl methyl sites for hydroxylation is 1. The smallest absolute Gasteiger partial charge is 0.233 e. The Hall–Kier alpha value is -0.630. The van der Waals surface area contributed by atoms with E-state index in [-0.39, 0.29) is 4.90 Å². The van der Waals surface area contributed by atoms with Crippen molar-refractivity contribution in [2.45, 2.75) is 11.8 Å². The third-order valence-corrected chi connectivity index (χ3v) is 6.86. The molecule has 0 aliphatic rings. The van der Waals surface area contributed by atoms with Gasteiger partial charge >= 0.3 is 0 Å². The SMILES string of the molecule is Cc1cc(S(=O)(=O)N=S(C)(=O)N(C)C)ccc1Cl. The molecular formula is C10H15ClN2O3S2. The molecule has 0 spiro atoms. The highest BCUT2D eigenvalue weighted by Gasteiger charge is 2.18. The van der Waals surface area contributed by atoms with Gasteiger partial charge in [-0.25, -0.2) is 8.51 Å². The van der Waals surface area contributed by atoms with Gasteiger partial charge in [-0.15, -0.1) is 0 Å². The van der Waals surface area contributed by atoms with E-state index in [0.29, 0.717) is 10.6 Å². The van der Waals surface area contributed by atoms with Crippen LogP contribution in [-0.4, -0.2) is 37.3 Å². The second-order valence-corrected chi connectivity index (χ2v) is 8.72. The van der Waals surface area contributed by atoms with Gasteiger partial charge in [0.15, 0.2) is 0 Å². The minimum absolute atomic E-state index is 0.0131. The third kappa shape index (κ3) is 3.44. The van der Waals surface area contributed by atoms with Crippen molar-refractivity contribution in [1.29, 1.82) is 0 Å². The summed E-state index contributed by atoms with van der Waals surface area (Å²) >= 11 is 5.82. The van der Waals surface area contributed by atoms with E-state index in [2.05, 4.69) is 3.77 Å². The number of hydrogen-bond acceptors (Lipinski definition) is 3. The predicted octanol–water partition coefficient (Wildman–Crippen LogP) is 1.91. The van der Waals surface area contributed by atoms with E-state index in [9.17, 15) is 12.6 Å². The Morgan fingerprint density at radius 1 is 1.22 bits per heavy atom. The fourth-order valence-electron chi connectivity index (χ4n) is 1.07. The minimum atomic E-state index is -3.95. The van der Waals surface area contributed by atoms with Crippen LogP contribution in [0.25, 0.3) is 0 Å². The number of benzene rings is 1. The predicted molar refractivity (Wildman–Crippen MR) is 73.6 cm³/mol. The Morgan fingerprint density at radius 3 is 2.22 bits per heavy atom. The summed E-state index contributed by atoms with van der Waals surface area (Å²) in [4.78, 5) is -0.0131. The van der Waals surface area contributed by atoms with Gasteiger partial charge < -0.3 is 0 Å². The van der Waals surface area contributed by atoms with Crippen LogP contribution in [0.15, 0.2) is 26.9 Å². The molecule has 0 aromatic heterocycles. The molecule has 0 aliphatic carbocycles. The fourth-order valence-corrected chi connectivity index (χ4v) is 4.09. The third-order valence-electron chi connectivity index (χ3n) is 2.34. The van der Waals surface area contributed by atoms with Gasteiger partial charge in [0.25, 0.3) is 10.0 Å². The van der Waals surface area contributed by atoms with Crippen LogP contribution in [0.2, 0.25) is 5.02 Å². The largest absolute Gasteiger partial charge is 0.291 e. The summed E-state index contributed by atoms with van der Waals surface area (Å²) in [6, 6.07) is 4.23. The number of rotatable bonds is 3. The summed E-state index contributed by atoms with van der Waals surface area (Å²) < 4.78 is 40.7. The Morgan fingerprint density at radius 2 is 1.78 bits per heavy atom. The van der Waals surface area contributed by atoms with Gasteiger partial charge in [-0.05, 0) is 30.7 Å². The zero-order chi connectivity index (χ0) is 14.1. The second-order valence-electron chi connectivity index (χ2n) is 4.04. The molecule has 1 atom stereocenters. The standard InChI is InChI=1S/C10H15ClN2O3S2/c1-8-7-9(5-6-10(8)11)18(15,16)12-17(4,14)13(2)3/h5-7H,1-4H3. The van der Waals surface area contributed by atoms with Gasteiger partial charge in [0, 0.05) is 25.4 Å². The maximum Gasteiger partial charge on any atom is 0.291 e. The van der Waals surface area contributed by atoms with E-state index in [0.717, 1.165) is 0 Å². The Balaban J connectivity index is 3.41. The van der Waals surface area contributed by atoms with Gasteiger partial charge in [0.1, 0.15) is 9.92 Å². The van der Waals surface area contributed by atoms with Crippen LogP contribution in [0.3, 0.4) is 0 Å². The summed E-state index contributed by atoms with van der Waals surface area (Å²) in [5.74, 6) is 0. The molecule has 0 saturated carbocycles. The van der Waals surface area contributed by atoms with E-state index >= 15 is 0 Å². The maximum atomic E-state index is 12.0. The van der Waals surface area contributed by atoms with Gasteiger partial charge in [0.05, 0.1) is 4.90 Å². The van der Waals surface area contributed by atoms with Crippen molar-refractivity contribution in [3.63, 3.8) is 0 Å². The monoisotopic (exact) mass is 310 g/mol. The summed E-state index contributed by atoms with van der Waals surface area (Å²) in [6.07, 6.45) is 1.27. The number of halogens is 1. The molecule has 0 fully saturated rings. The first-order valence-electron chi connectivity index (χ1n) is 4.98. The normalized spacial score (nSPS) is 15.4. The highest BCUT2D eigenvalue weighted by atomic mass is 35.5.